The van der Waals surface area contributed by atoms with Crippen molar-refractivity contribution in [2.24, 2.45) is 23.7 Å². The first-order valence-corrected chi connectivity index (χ1v) is 25.8. The van der Waals surface area contributed by atoms with Gasteiger partial charge in [0.25, 0.3) is 0 Å². The number of hydrogen-bond donors (Lipinski definition) is 0. The summed E-state index contributed by atoms with van der Waals surface area (Å²) in [6.07, 6.45) is 7.05. The molecule has 2 nitrogen and oxygen atoms in total. The van der Waals surface area contributed by atoms with Crippen LogP contribution < -0.4 is 0 Å². The van der Waals surface area contributed by atoms with E-state index in [1.807, 2.05) is 0 Å². The van der Waals surface area contributed by atoms with E-state index in [1.54, 1.807) is 11.1 Å². The van der Waals surface area contributed by atoms with Crippen molar-refractivity contribution in [2.75, 3.05) is 0 Å². The Balaban J connectivity index is 0.892. The normalized spacial score (nSPS) is 21.1. The monoisotopic (exact) mass is 896 g/mol. The Hall–Kier alpha value is -7.68. The summed E-state index contributed by atoms with van der Waals surface area (Å²) in [6.45, 7) is 4.61. The summed E-state index contributed by atoms with van der Waals surface area (Å²) in [4.78, 5) is 0. The second-order valence-electron chi connectivity index (χ2n) is 21.8. The summed E-state index contributed by atoms with van der Waals surface area (Å²) in [5.74, 6) is 3.31. The van der Waals surface area contributed by atoms with Gasteiger partial charge in [-0.3, -0.25) is 0 Å². The zero-order valence-corrected chi connectivity index (χ0v) is 39.7. The van der Waals surface area contributed by atoms with Gasteiger partial charge in [-0.2, -0.15) is 0 Å². The molecule has 4 saturated carbocycles. The number of nitrogens with zero attached hydrogens (tertiary/aromatic N) is 2. The molecule has 10 aromatic carbocycles. The van der Waals surface area contributed by atoms with Gasteiger partial charge in [0, 0.05) is 37.7 Å². The minimum absolute atomic E-state index is 0.133. The molecule has 5 aliphatic carbocycles. The van der Waals surface area contributed by atoms with Crippen LogP contribution in [0.4, 0.5) is 0 Å². The van der Waals surface area contributed by atoms with E-state index >= 15 is 0 Å². The molecule has 2 heteroatoms. The van der Waals surface area contributed by atoms with Gasteiger partial charge in [-0.1, -0.05) is 157 Å². The van der Waals surface area contributed by atoms with Gasteiger partial charge in [0.2, 0.25) is 0 Å². The molecule has 0 amide bonds. The van der Waals surface area contributed by atoms with Crippen LogP contribution in [-0.4, -0.2) is 9.13 Å². The Morgan fingerprint density at radius 3 is 1.69 bits per heavy atom. The molecule has 0 unspecified atom stereocenters. The van der Waals surface area contributed by atoms with E-state index in [2.05, 4.69) is 217 Å². The lowest BCUT2D eigenvalue weighted by molar-refractivity contribution is -0.0399. The quantitative estimate of drug-likeness (QED) is 0.167. The van der Waals surface area contributed by atoms with Crippen molar-refractivity contribution < 1.29 is 0 Å². The van der Waals surface area contributed by atoms with Crippen LogP contribution in [0.5, 0.6) is 0 Å². The van der Waals surface area contributed by atoms with Crippen molar-refractivity contribution in [1.29, 1.82) is 0 Å². The molecule has 0 radical (unpaired) electrons. The van der Waals surface area contributed by atoms with Gasteiger partial charge in [0.15, 0.2) is 0 Å². The Labute approximate surface area is 408 Å². The second-order valence-corrected chi connectivity index (χ2v) is 21.8. The van der Waals surface area contributed by atoms with E-state index in [4.69, 9.17) is 0 Å². The molecule has 4 fully saturated rings. The lowest BCUT2D eigenvalue weighted by atomic mass is 9.43. The third-order valence-corrected chi connectivity index (χ3v) is 18.2. The SMILES string of the molecule is Cc1ccc2c(-n3c4ccccc4c4ccc(-c5ccc6c7ccccc7n(-c7cccc8ccccc78)c6c5)cc43)c(C)cc(-c3ccc4c(c3)C3(c5ccccc5-4)C4CC5CC(C4)CC3C5)c2c1. The van der Waals surface area contributed by atoms with Crippen LogP contribution in [0, 0.1) is 37.5 Å². The maximum absolute atomic E-state index is 2.68. The molecule has 2 aromatic heterocycles. The van der Waals surface area contributed by atoms with Gasteiger partial charge in [-0.15, -0.1) is 0 Å². The van der Waals surface area contributed by atoms with Gasteiger partial charge in [0.1, 0.15) is 0 Å². The Morgan fingerprint density at radius 2 is 0.943 bits per heavy atom. The zero-order chi connectivity index (χ0) is 46.0. The molecule has 0 N–H and O–H groups in total. The number of aryl methyl sites for hydroxylation is 2. The third-order valence-electron chi connectivity index (χ3n) is 18.2. The fourth-order valence-electron chi connectivity index (χ4n) is 15.7. The van der Waals surface area contributed by atoms with E-state index in [0.29, 0.717) is 0 Å². The topological polar surface area (TPSA) is 9.86 Å². The summed E-state index contributed by atoms with van der Waals surface area (Å²) >= 11 is 0. The first-order chi connectivity index (χ1) is 34.5. The highest BCUT2D eigenvalue weighted by Crippen LogP contribution is 2.69. The molecule has 4 bridgehead atoms. The van der Waals surface area contributed by atoms with Crippen LogP contribution >= 0.6 is 0 Å². The van der Waals surface area contributed by atoms with Gasteiger partial charge < -0.3 is 9.13 Å². The predicted octanol–water partition coefficient (Wildman–Crippen LogP) is 17.9. The summed E-state index contributed by atoms with van der Waals surface area (Å²) in [6, 6.07) is 74.5. The molecule has 12 aromatic rings. The smallest absolute Gasteiger partial charge is 0.0570 e. The Bertz CT molecular complexity index is 4200. The maximum atomic E-state index is 2.68. The van der Waals surface area contributed by atoms with Crippen LogP contribution in [0.15, 0.2) is 194 Å². The minimum atomic E-state index is 0.133. The average molecular weight is 897 g/mol. The van der Waals surface area contributed by atoms with Crippen molar-refractivity contribution in [3.63, 3.8) is 0 Å². The highest BCUT2D eigenvalue weighted by molar-refractivity contribution is 6.14. The Morgan fingerprint density at radius 1 is 0.371 bits per heavy atom. The van der Waals surface area contributed by atoms with Crippen LogP contribution in [0.3, 0.4) is 0 Å². The molecular weight excluding hydrogens is 845 g/mol. The average Bonchev–Trinajstić information content (AvgIpc) is 4.01. The predicted molar refractivity (Wildman–Crippen MR) is 294 cm³/mol. The van der Waals surface area contributed by atoms with Crippen LogP contribution in [0.1, 0.15) is 54.4 Å². The number of para-hydroxylation sites is 2. The molecular formula is C68H52N2. The molecule has 0 saturated heterocycles. The van der Waals surface area contributed by atoms with E-state index in [9.17, 15) is 0 Å². The van der Waals surface area contributed by atoms with Crippen LogP contribution in [-0.2, 0) is 5.41 Å². The fraction of sp³-hybridized carbons (Fsp3) is 0.176. The van der Waals surface area contributed by atoms with Gasteiger partial charge in [-0.05, 0) is 173 Å². The highest BCUT2D eigenvalue weighted by Gasteiger charge is 2.61. The molecule has 5 aliphatic rings. The minimum Gasteiger partial charge on any atom is -0.309 e. The van der Waals surface area contributed by atoms with Gasteiger partial charge >= 0.3 is 0 Å². The summed E-state index contributed by atoms with van der Waals surface area (Å²) in [7, 11) is 0. The molecule has 0 atom stereocenters. The van der Waals surface area contributed by atoms with Crippen LogP contribution in [0.25, 0.3) is 110 Å². The third kappa shape index (κ3) is 5.19. The number of hydrogen-bond acceptors (Lipinski definition) is 0. The van der Waals surface area contributed by atoms with Crippen molar-refractivity contribution in [1.82, 2.24) is 9.13 Å². The van der Waals surface area contributed by atoms with E-state index in [0.717, 1.165) is 23.7 Å². The summed E-state index contributed by atoms with van der Waals surface area (Å²) in [5, 5.41) is 10.2. The lowest BCUT2D eigenvalue weighted by Crippen LogP contribution is -2.55. The number of aromatic nitrogens is 2. The first kappa shape index (κ1) is 39.2. The highest BCUT2D eigenvalue weighted by atomic mass is 15.0. The number of benzene rings is 10. The molecule has 0 aliphatic heterocycles. The summed E-state index contributed by atoms with van der Waals surface area (Å²) in [5.41, 5.74) is 21.4. The van der Waals surface area contributed by atoms with Crippen LogP contribution in [0.2, 0.25) is 0 Å². The molecule has 334 valence electrons. The first-order valence-electron chi connectivity index (χ1n) is 25.8. The maximum Gasteiger partial charge on any atom is 0.0570 e. The molecule has 17 rings (SSSR count). The molecule has 70 heavy (non-hydrogen) atoms. The van der Waals surface area contributed by atoms with E-state index in [1.165, 1.54) is 153 Å². The van der Waals surface area contributed by atoms with Crippen molar-refractivity contribution >= 4 is 65.2 Å². The van der Waals surface area contributed by atoms with Crippen molar-refractivity contribution in [3.8, 4) is 44.8 Å². The van der Waals surface area contributed by atoms with Crippen molar-refractivity contribution in [3.05, 3.63) is 216 Å². The van der Waals surface area contributed by atoms with E-state index < -0.39 is 0 Å². The summed E-state index contributed by atoms with van der Waals surface area (Å²) < 4.78 is 5.06. The second kappa shape index (κ2) is 14.2. The number of rotatable bonds is 4. The van der Waals surface area contributed by atoms with Crippen molar-refractivity contribution in [2.45, 2.75) is 51.4 Å². The van der Waals surface area contributed by atoms with Gasteiger partial charge in [0.05, 0.1) is 33.4 Å². The van der Waals surface area contributed by atoms with Gasteiger partial charge in [-0.25, -0.2) is 0 Å². The lowest BCUT2D eigenvalue weighted by Gasteiger charge is -2.61. The zero-order valence-electron chi connectivity index (χ0n) is 39.7. The number of fused-ring (bicyclic) bond motifs is 11. The standard InChI is InChI=1S/C68H52N2/c1-40-22-26-57-59(30-40)58(47-25-27-52-51-15-5-8-18-60(51)68(61(52)37-47)48-33-42-32-43(35-48)36-49(68)34-42)31-41(2)67(57)70-64-20-10-7-17-54(64)56-29-24-46(39-66(56)70)45-23-28-55-53-16-6-9-19-63(53)69(65(55)38-45)62-21-11-13-44-12-3-4-14-50(44)62/h3-31,37-39,42-43,48-49H,32-36H2,1-2H3. The molecule has 1 spiro atoms. The fourth-order valence-corrected chi connectivity index (χ4v) is 15.7. The van der Waals surface area contributed by atoms with E-state index in [-0.39, 0.29) is 5.41 Å². The molecule has 2 heterocycles. The Kier molecular flexibility index (Phi) is 7.95. The largest absolute Gasteiger partial charge is 0.309 e.